The third kappa shape index (κ3) is 3.57. The van der Waals surface area contributed by atoms with E-state index in [0.29, 0.717) is 16.7 Å². The maximum absolute atomic E-state index is 13.4. The number of hydrogen-bond acceptors (Lipinski definition) is 5. The number of methoxy groups -OCH3 is 1. The molecule has 128 valence electrons. The molecule has 0 fully saturated rings. The molecule has 2 aromatic carbocycles. The highest BCUT2D eigenvalue weighted by molar-refractivity contribution is 7.92. The summed E-state index contributed by atoms with van der Waals surface area (Å²) in [6, 6.07) is 5.18. The summed E-state index contributed by atoms with van der Waals surface area (Å²) in [4.78, 5) is 9.31. The van der Waals surface area contributed by atoms with E-state index >= 15 is 0 Å². The Hall–Kier alpha value is -2.39. The van der Waals surface area contributed by atoms with Gasteiger partial charge in [-0.15, -0.1) is 0 Å². The van der Waals surface area contributed by atoms with Crippen LogP contribution >= 0.6 is 11.6 Å². The number of benzene rings is 2. The fraction of sp³-hybridized carbons (Fsp3) is 0.143. The molecule has 0 saturated heterocycles. The van der Waals surface area contributed by atoms with E-state index in [-0.39, 0.29) is 11.4 Å². The topological polar surface area (TPSA) is 98.5 Å². The van der Waals surface area contributed by atoms with E-state index in [1.165, 1.54) is 19.2 Å². The fourth-order valence-corrected chi connectivity index (χ4v) is 3.15. The van der Waals surface area contributed by atoms with Gasteiger partial charge in [-0.3, -0.25) is 14.8 Å². The van der Waals surface area contributed by atoms with Gasteiger partial charge in [0.05, 0.1) is 22.6 Å². The summed E-state index contributed by atoms with van der Waals surface area (Å²) in [6.45, 7) is 1.67. The number of nitro benzene ring substituents is 1. The highest BCUT2D eigenvalue weighted by Crippen LogP contribution is 2.33. The van der Waals surface area contributed by atoms with Crippen LogP contribution in [0.15, 0.2) is 35.2 Å². The zero-order valence-electron chi connectivity index (χ0n) is 12.5. The molecular weight excluding hydrogens is 363 g/mol. The van der Waals surface area contributed by atoms with Crippen LogP contribution in [0.2, 0.25) is 5.02 Å². The molecule has 0 unspecified atom stereocenters. The standard InChI is InChI=1S/C14H12ClFN2O5S/c1-8-5-12(14(23-2)7-10(8)15)17-24(21,22)9-3-4-11(16)13(6-9)18(19)20/h3-7,17H,1-2H3. The average molecular weight is 375 g/mol. The summed E-state index contributed by atoms with van der Waals surface area (Å²) in [5, 5.41) is 11.1. The second kappa shape index (κ2) is 6.62. The summed E-state index contributed by atoms with van der Waals surface area (Å²) in [6.07, 6.45) is 0. The Morgan fingerprint density at radius 2 is 1.96 bits per heavy atom. The molecule has 0 amide bonds. The van der Waals surface area contributed by atoms with Gasteiger partial charge in [0.15, 0.2) is 0 Å². The van der Waals surface area contributed by atoms with Gasteiger partial charge in [-0.25, -0.2) is 8.42 Å². The van der Waals surface area contributed by atoms with E-state index in [2.05, 4.69) is 4.72 Å². The molecule has 0 aliphatic carbocycles. The van der Waals surface area contributed by atoms with Crippen molar-refractivity contribution in [2.45, 2.75) is 11.8 Å². The van der Waals surface area contributed by atoms with Crippen molar-refractivity contribution in [2.75, 3.05) is 11.8 Å². The first-order chi connectivity index (χ1) is 11.2. The van der Waals surface area contributed by atoms with Crippen molar-refractivity contribution in [1.82, 2.24) is 0 Å². The second-order valence-corrected chi connectivity index (χ2v) is 6.87. The van der Waals surface area contributed by atoms with Crippen molar-refractivity contribution in [3.05, 3.63) is 56.8 Å². The van der Waals surface area contributed by atoms with Gasteiger partial charge in [-0.1, -0.05) is 11.6 Å². The van der Waals surface area contributed by atoms with E-state index in [9.17, 15) is 22.9 Å². The average Bonchev–Trinajstić information content (AvgIpc) is 2.50. The van der Waals surface area contributed by atoms with E-state index < -0.39 is 31.3 Å². The van der Waals surface area contributed by atoms with Gasteiger partial charge in [-0.2, -0.15) is 4.39 Å². The van der Waals surface area contributed by atoms with Crippen molar-refractivity contribution in [3.63, 3.8) is 0 Å². The first-order valence-corrected chi connectivity index (χ1v) is 8.32. The molecule has 2 aromatic rings. The largest absolute Gasteiger partial charge is 0.495 e. The van der Waals surface area contributed by atoms with Crippen molar-refractivity contribution >= 4 is 33.0 Å². The molecule has 0 bridgehead atoms. The Labute approximate surface area is 142 Å². The van der Waals surface area contributed by atoms with Crippen LogP contribution in [0.25, 0.3) is 0 Å². The maximum Gasteiger partial charge on any atom is 0.306 e. The molecule has 0 radical (unpaired) electrons. The minimum atomic E-state index is -4.19. The molecule has 10 heteroatoms. The molecule has 0 heterocycles. The van der Waals surface area contributed by atoms with Crippen LogP contribution in [0.3, 0.4) is 0 Å². The first kappa shape index (κ1) is 18.0. The molecule has 0 spiro atoms. The highest BCUT2D eigenvalue weighted by Gasteiger charge is 2.23. The number of nitrogens with zero attached hydrogens (tertiary/aromatic N) is 1. The van der Waals surface area contributed by atoms with Gasteiger partial charge in [-0.05, 0) is 30.7 Å². The van der Waals surface area contributed by atoms with Gasteiger partial charge in [0, 0.05) is 17.2 Å². The lowest BCUT2D eigenvalue weighted by Gasteiger charge is -2.13. The Kier molecular flexibility index (Phi) is 4.95. The number of ether oxygens (including phenoxy) is 1. The predicted octanol–water partition coefficient (Wildman–Crippen LogP) is 3.51. The summed E-state index contributed by atoms with van der Waals surface area (Å²) in [5.74, 6) is -0.954. The van der Waals surface area contributed by atoms with Gasteiger partial charge < -0.3 is 4.74 Å². The van der Waals surface area contributed by atoms with E-state index in [0.717, 1.165) is 12.1 Å². The Morgan fingerprint density at radius 1 is 1.29 bits per heavy atom. The van der Waals surface area contributed by atoms with E-state index in [4.69, 9.17) is 16.3 Å². The number of nitro groups is 1. The van der Waals surface area contributed by atoms with Crippen LogP contribution in [-0.2, 0) is 10.0 Å². The predicted molar refractivity (Wildman–Crippen MR) is 86.6 cm³/mol. The number of rotatable bonds is 5. The molecule has 7 nitrogen and oxygen atoms in total. The third-order valence-electron chi connectivity index (χ3n) is 3.15. The van der Waals surface area contributed by atoms with E-state index in [1.807, 2.05) is 0 Å². The van der Waals surface area contributed by atoms with Crippen molar-refractivity contribution in [2.24, 2.45) is 0 Å². The van der Waals surface area contributed by atoms with Gasteiger partial charge in [0.2, 0.25) is 5.82 Å². The zero-order valence-corrected chi connectivity index (χ0v) is 14.1. The third-order valence-corrected chi connectivity index (χ3v) is 4.92. The minimum Gasteiger partial charge on any atom is -0.495 e. The van der Waals surface area contributed by atoms with Crippen LogP contribution in [-0.4, -0.2) is 20.5 Å². The summed E-state index contributed by atoms with van der Waals surface area (Å²) >= 11 is 5.95. The van der Waals surface area contributed by atoms with Gasteiger partial charge in [0.1, 0.15) is 5.75 Å². The monoisotopic (exact) mass is 374 g/mol. The van der Waals surface area contributed by atoms with Gasteiger partial charge in [0.25, 0.3) is 10.0 Å². The minimum absolute atomic E-state index is 0.103. The lowest BCUT2D eigenvalue weighted by atomic mass is 10.2. The van der Waals surface area contributed by atoms with Crippen LogP contribution in [0.4, 0.5) is 15.8 Å². The summed E-state index contributed by atoms with van der Waals surface area (Å²) in [5.41, 5.74) is -0.233. The fourth-order valence-electron chi connectivity index (χ4n) is 1.92. The van der Waals surface area contributed by atoms with E-state index in [1.54, 1.807) is 6.92 Å². The second-order valence-electron chi connectivity index (χ2n) is 4.78. The van der Waals surface area contributed by atoms with Gasteiger partial charge >= 0.3 is 5.69 Å². The van der Waals surface area contributed by atoms with Crippen LogP contribution in [0, 0.1) is 22.9 Å². The Bertz CT molecular complexity index is 918. The SMILES string of the molecule is COc1cc(Cl)c(C)cc1NS(=O)(=O)c1ccc(F)c([N+](=O)[O-])c1. The first-order valence-electron chi connectivity index (χ1n) is 6.46. The molecule has 2 rings (SSSR count). The number of anilines is 1. The van der Waals surface area contributed by atoms with Crippen LogP contribution < -0.4 is 9.46 Å². The number of halogens is 2. The van der Waals surface area contributed by atoms with Crippen molar-refractivity contribution in [1.29, 1.82) is 0 Å². The molecule has 0 aromatic heterocycles. The molecule has 0 atom stereocenters. The quantitative estimate of drug-likeness (QED) is 0.637. The summed E-state index contributed by atoms with van der Waals surface area (Å²) in [7, 11) is -2.86. The highest BCUT2D eigenvalue weighted by atomic mass is 35.5. The lowest BCUT2D eigenvalue weighted by molar-refractivity contribution is -0.387. The lowest BCUT2D eigenvalue weighted by Crippen LogP contribution is -2.14. The van der Waals surface area contributed by atoms with Crippen molar-refractivity contribution in [3.8, 4) is 5.75 Å². The Balaban J connectivity index is 2.48. The smallest absolute Gasteiger partial charge is 0.306 e. The van der Waals surface area contributed by atoms with Crippen LogP contribution in [0.1, 0.15) is 5.56 Å². The number of hydrogen-bond donors (Lipinski definition) is 1. The molecule has 1 N–H and O–H groups in total. The molecule has 24 heavy (non-hydrogen) atoms. The number of sulfonamides is 1. The van der Waals surface area contributed by atoms with Crippen LogP contribution in [0.5, 0.6) is 5.75 Å². The molecular formula is C14H12ClFN2O5S. The number of nitrogens with one attached hydrogen (secondary N) is 1. The normalized spacial score (nSPS) is 11.2. The summed E-state index contributed by atoms with van der Waals surface area (Å²) < 4.78 is 45.5. The number of aryl methyl sites for hydroxylation is 1. The maximum atomic E-state index is 13.4. The molecule has 0 saturated carbocycles. The Morgan fingerprint density at radius 3 is 2.54 bits per heavy atom. The molecule has 0 aliphatic rings. The molecule has 0 aliphatic heterocycles. The zero-order chi connectivity index (χ0) is 18.1. The van der Waals surface area contributed by atoms with Crippen molar-refractivity contribution < 1.29 is 22.5 Å².